The topological polar surface area (TPSA) is 71.4 Å². The van der Waals surface area contributed by atoms with Gasteiger partial charge in [-0.15, -0.1) is 0 Å². The molecule has 0 heterocycles. The Kier molecular flexibility index (Phi) is 4.89. The van der Waals surface area contributed by atoms with Crippen molar-refractivity contribution in [1.82, 2.24) is 0 Å². The fraction of sp³-hybridized carbons (Fsp3) is 0.182. The van der Waals surface area contributed by atoms with Gasteiger partial charge in [0.25, 0.3) is 0 Å². The second kappa shape index (κ2) is 5.97. The number of sulfone groups is 1. The van der Waals surface area contributed by atoms with Crippen molar-refractivity contribution in [2.24, 2.45) is 0 Å². The molecule has 0 aliphatic heterocycles. The van der Waals surface area contributed by atoms with Crippen LogP contribution in [0.2, 0.25) is 0 Å². The Labute approximate surface area is 108 Å². The largest absolute Gasteiger partial charge is 0.481 e. The van der Waals surface area contributed by atoms with Crippen molar-refractivity contribution < 1.29 is 18.3 Å². The monoisotopic (exact) mass is 318 g/mol. The fourth-order valence-corrected chi connectivity index (χ4v) is 2.28. The van der Waals surface area contributed by atoms with Crippen LogP contribution in [0.15, 0.2) is 34.1 Å². The van der Waals surface area contributed by atoms with Gasteiger partial charge in [0, 0.05) is 9.88 Å². The summed E-state index contributed by atoms with van der Waals surface area (Å²) in [5.41, 5.74) is 0.743. The summed E-state index contributed by atoms with van der Waals surface area (Å²) in [4.78, 5) is 10.3. The molecule has 0 aromatic heterocycles. The van der Waals surface area contributed by atoms with E-state index in [4.69, 9.17) is 5.11 Å². The lowest BCUT2D eigenvalue weighted by molar-refractivity contribution is -0.136. The first-order valence-electron chi connectivity index (χ1n) is 4.77. The van der Waals surface area contributed by atoms with Gasteiger partial charge in [-0.1, -0.05) is 28.1 Å². The summed E-state index contributed by atoms with van der Waals surface area (Å²) >= 11 is 3.27. The van der Waals surface area contributed by atoms with Crippen LogP contribution in [-0.4, -0.2) is 25.2 Å². The first kappa shape index (κ1) is 13.9. The number of carboxylic acid groups (broad SMARTS) is 1. The maximum absolute atomic E-state index is 11.4. The predicted molar refractivity (Wildman–Crippen MR) is 69.2 cm³/mol. The zero-order valence-electron chi connectivity index (χ0n) is 8.84. The van der Waals surface area contributed by atoms with Crippen LogP contribution in [0.4, 0.5) is 0 Å². The molecule has 0 saturated carbocycles. The van der Waals surface area contributed by atoms with Crippen LogP contribution in [0, 0.1) is 0 Å². The Morgan fingerprint density at radius 1 is 1.29 bits per heavy atom. The minimum absolute atomic E-state index is 0.380. The Bertz CT molecular complexity index is 517. The van der Waals surface area contributed by atoms with Crippen molar-refractivity contribution >= 4 is 37.8 Å². The molecule has 0 bridgehead atoms. The third-order valence-electron chi connectivity index (χ3n) is 1.94. The summed E-state index contributed by atoms with van der Waals surface area (Å²) in [6, 6.07) is 7.10. The Morgan fingerprint density at radius 2 is 1.88 bits per heavy atom. The number of benzene rings is 1. The molecule has 0 spiro atoms. The van der Waals surface area contributed by atoms with E-state index >= 15 is 0 Å². The van der Waals surface area contributed by atoms with Crippen LogP contribution in [0.5, 0.6) is 0 Å². The van der Waals surface area contributed by atoms with Gasteiger partial charge in [-0.25, -0.2) is 8.42 Å². The summed E-state index contributed by atoms with van der Waals surface area (Å²) in [6.07, 6.45) is 1.07. The van der Waals surface area contributed by atoms with Gasteiger partial charge in [0.15, 0.2) is 9.84 Å². The molecule has 1 N–H and O–H groups in total. The molecule has 0 atom stereocenters. The van der Waals surface area contributed by atoms with Crippen LogP contribution < -0.4 is 0 Å². The lowest BCUT2D eigenvalue weighted by Gasteiger charge is -1.96. The first-order valence-corrected chi connectivity index (χ1v) is 7.28. The number of rotatable bonds is 5. The van der Waals surface area contributed by atoms with Gasteiger partial charge in [0.05, 0.1) is 12.2 Å². The van der Waals surface area contributed by atoms with Crippen molar-refractivity contribution in [2.75, 3.05) is 5.75 Å². The average Bonchev–Trinajstić information content (AvgIpc) is 2.26. The SMILES string of the molecule is O=C(O)CCS(=O)(=O)/C=C/c1ccc(Br)cc1. The minimum atomic E-state index is -3.46. The van der Waals surface area contributed by atoms with Crippen molar-refractivity contribution in [1.29, 1.82) is 0 Å². The van der Waals surface area contributed by atoms with E-state index in [1.165, 1.54) is 6.08 Å². The number of hydrogen-bond acceptors (Lipinski definition) is 3. The number of carbonyl (C=O) groups is 1. The lowest BCUT2D eigenvalue weighted by atomic mass is 10.2. The second-order valence-corrected chi connectivity index (χ2v) is 6.29. The molecule has 92 valence electrons. The quantitative estimate of drug-likeness (QED) is 0.904. The van der Waals surface area contributed by atoms with Crippen molar-refractivity contribution in [2.45, 2.75) is 6.42 Å². The fourth-order valence-electron chi connectivity index (χ4n) is 1.05. The zero-order valence-corrected chi connectivity index (χ0v) is 11.2. The highest BCUT2D eigenvalue weighted by molar-refractivity contribution is 9.10. The second-order valence-electron chi connectivity index (χ2n) is 3.37. The molecular weight excluding hydrogens is 308 g/mol. The molecule has 6 heteroatoms. The smallest absolute Gasteiger partial charge is 0.304 e. The van der Waals surface area contributed by atoms with Gasteiger partial charge in [0.2, 0.25) is 0 Å². The highest BCUT2D eigenvalue weighted by Gasteiger charge is 2.08. The number of halogens is 1. The van der Waals surface area contributed by atoms with Crippen molar-refractivity contribution in [3.05, 3.63) is 39.7 Å². The van der Waals surface area contributed by atoms with Crippen molar-refractivity contribution in [3.63, 3.8) is 0 Å². The Hall–Kier alpha value is -1.14. The standard InChI is InChI=1S/C11H11BrO4S/c12-10-3-1-9(2-4-10)5-7-17(15,16)8-6-11(13)14/h1-5,7H,6,8H2,(H,13,14)/b7-5+. The van der Waals surface area contributed by atoms with E-state index in [1.807, 2.05) is 0 Å². The zero-order chi connectivity index (χ0) is 12.9. The van der Waals surface area contributed by atoms with Gasteiger partial charge < -0.3 is 5.11 Å². The molecule has 4 nitrogen and oxygen atoms in total. The van der Waals surface area contributed by atoms with E-state index in [0.717, 1.165) is 15.4 Å². The predicted octanol–water partition coefficient (Wildman–Crippen LogP) is 2.31. The third kappa shape index (κ3) is 5.65. The van der Waals surface area contributed by atoms with Gasteiger partial charge in [0.1, 0.15) is 0 Å². The highest BCUT2D eigenvalue weighted by Crippen LogP contribution is 2.12. The van der Waals surface area contributed by atoms with E-state index in [0.29, 0.717) is 0 Å². The number of carboxylic acids is 1. The molecule has 0 radical (unpaired) electrons. The maximum Gasteiger partial charge on any atom is 0.304 e. The normalized spacial score (nSPS) is 11.8. The third-order valence-corrected chi connectivity index (χ3v) is 3.79. The molecule has 0 aliphatic carbocycles. The van der Waals surface area contributed by atoms with Gasteiger partial charge in [-0.2, -0.15) is 0 Å². The van der Waals surface area contributed by atoms with Crippen LogP contribution >= 0.6 is 15.9 Å². The Balaban J connectivity index is 2.70. The maximum atomic E-state index is 11.4. The summed E-state index contributed by atoms with van der Waals surface area (Å²) in [6.45, 7) is 0. The van der Waals surface area contributed by atoms with Gasteiger partial charge >= 0.3 is 5.97 Å². The van der Waals surface area contributed by atoms with Crippen molar-refractivity contribution in [3.8, 4) is 0 Å². The summed E-state index contributed by atoms with van der Waals surface area (Å²) in [5.74, 6) is -1.50. The van der Waals surface area contributed by atoms with E-state index in [2.05, 4.69) is 15.9 Å². The molecule has 1 aromatic carbocycles. The van der Waals surface area contributed by atoms with Crippen LogP contribution in [0.25, 0.3) is 6.08 Å². The summed E-state index contributed by atoms with van der Waals surface area (Å²) in [7, 11) is -3.46. The van der Waals surface area contributed by atoms with Gasteiger partial charge in [-0.3, -0.25) is 4.79 Å². The lowest BCUT2D eigenvalue weighted by Crippen LogP contribution is -2.07. The van der Waals surface area contributed by atoms with E-state index in [1.54, 1.807) is 24.3 Å². The molecule has 17 heavy (non-hydrogen) atoms. The molecular formula is C11H11BrO4S. The van der Waals surface area contributed by atoms with E-state index in [9.17, 15) is 13.2 Å². The first-order chi connectivity index (χ1) is 7.89. The summed E-state index contributed by atoms with van der Waals surface area (Å²) in [5, 5.41) is 9.44. The van der Waals surface area contributed by atoms with E-state index in [-0.39, 0.29) is 12.2 Å². The molecule has 0 amide bonds. The molecule has 1 aromatic rings. The van der Waals surface area contributed by atoms with E-state index < -0.39 is 15.8 Å². The minimum Gasteiger partial charge on any atom is -0.481 e. The molecule has 0 saturated heterocycles. The van der Waals surface area contributed by atoms with Gasteiger partial charge in [-0.05, 0) is 23.8 Å². The molecule has 1 rings (SSSR count). The molecule has 0 aliphatic rings. The molecule has 0 fully saturated rings. The van der Waals surface area contributed by atoms with Crippen LogP contribution in [0.3, 0.4) is 0 Å². The van der Waals surface area contributed by atoms with Crippen LogP contribution in [-0.2, 0) is 14.6 Å². The summed E-state index contributed by atoms with van der Waals surface area (Å²) < 4.78 is 23.7. The highest BCUT2D eigenvalue weighted by atomic mass is 79.9. The number of hydrogen-bond donors (Lipinski definition) is 1. The van der Waals surface area contributed by atoms with Crippen LogP contribution in [0.1, 0.15) is 12.0 Å². The average molecular weight is 319 g/mol. The molecule has 0 unspecified atom stereocenters. The Morgan fingerprint density at radius 3 is 2.41 bits per heavy atom. The number of aliphatic carboxylic acids is 1.